The SMILES string of the molecule is NCC#Cc1ccsc1CN1CCn2ccnc2C1. The molecule has 0 bridgehead atoms. The molecule has 19 heavy (non-hydrogen) atoms. The van der Waals surface area contributed by atoms with E-state index in [9.17, 15) is 0 Å². The van der Waals surface area contributed by atoms with E-state index in [1.807, 2.05) is 6.20 Å². The minimum absolute atomic E-state index is 0.413. The summed E-state index contributed by atoms with van der Waals surface area (Å²) in [4.78, 5) is 8.13. The molecule has 1 aliphatic heterocycles. The molecule has 98 valence electrons. The van der Waals surface area contributed by atoms with Crippen molar-refractivity contribution in [2.24, 2.45) is 5.73 Å². The predicted octanol–water partition coefficient (Wildman–Crippen LogP) is 1.27. The molecule has 5 heteroatoms. The van der Waals surface area contributed by atoms with Gasteiger partial charge in [0, 0.05) is 42.5 Å². The molecule has 4 nitrogen and oxygen atoms in total. The third-order valence-corrected chi connectivity index (χ3v) is 4.17. The van der Waals surface area contributed by atoms with E-state index in [1.165, 1.54) is 4.88 Å². The maximum atomic E-state index is 5.43. The van der Waals surface area contributed by atoms with Crippen molar-refractivity contribution in [2.45, 2.75) is 19.6 Å². The average Bonchev–Trinajstić information content (AvgIpc) is 3.05. The fourth-order valence-electron chi connectivity index (χ4n) is 2.28. The summed E-state index contributed by atoms with van der Waals surface area (Å²) >= 11 is 1.76. The highest BCUT2D eigenvalue weighted by molar-refractivity contribution is 7.10. The Morgan fingerprint density at radius 1 is 1.42 bits per heavy atom. The Labute approximate surface area is 116 Å². The van der Waals surface area contributed by atoms with E-state index in [4.69, 9.17) is 5.73 Å². The molecule has 3 heterocycles. The van der Waals surface area contributed by atoms with Crippen LogP contribution in [0.2, 0.25) is 0 Å². The molecule has 1 aliphatic rings. The van der Waals surface area contributed by atoms with Gasteiger partial charge >= 0.3 is 0 Å². The Bertz CT molecular complexity index is 617. The van der Waals surface area contributed by atoms with Crippen LogP contribution in [0.4, 0.5) is 0 Å². The maximum absolute atomic E-state index is 5.43. The molecular formula is C14H16N4S. The Kier molecular flexibility index (Phi) is 3.65. The second kappa shape index (κ2) is 5.57. The van der Waals surface area contributed by atoms with Gasteiger partial charge < -0.3 is 10.3 Å². The van der Waals surface area contributed by atoms with Crippen LogP contribution in [0.5, 0.6) is 0 Å². The number of nitrogens with two attached hydrogens (primary N) is 1. The summed E-state index contributed by atoms with van der Waals surface area (Å²) in [5.41, 5.74) is 6.54. The summed E-state index contributed by atoms with van der Waals surface area (Å²) in [6.45, 7) is 4.35. The molecule has 0 aliphatic carbocycles. The Morgan fingerprint density at radius 3 is 3.26 bits per heavy atom. The monoisotopic (exact) mass is 272 g/mol. The van der Waals surface area contributed by atoms with Gasteiger partial charge in [0.05, 0.1) is 13.1 Å². The predicted molar refractivity (Wildman–Crippen MR) is 76.6 cm³/mol. The largest absolute Gasteiger partial charge is 0.333 e. The van der Waals surface area contributed by atoms with E-state index in [1.54, 1.807) is 11.3 Å². The molecule has 0 atom stereocenters. The number of imidazole rings is 1. The van der Waals surface area contributed by atoms with Gasteiger partial charge in [0.1, 0.15) is 5.82 Å². The number of hydrogen-bond donors (Lipinski definition) is 1. The second-order valence-corrected chi connectivity index (χ2v) is 5.51. The van der Waals surface area contributed by atoms with Crippen LogP contribution in [-0.2, 0) is 19.6 Å². The molecule has 3 rings (SSSR count). The van der Waals surface area contributed by atoms with Gasteiger partial charge in [-0.3, -0.25) is 4.90 Å². The molecule has 2 aromatic rings. The number of thiophene rings is 1. The number of nitrogens with zero attached hydrogens (tertiary/aromatic N) is 3. The van der Waals surface area contributed by atoms with Crippen molar-refractivity contribution < 1.29 is 0 Å². The summed E-state index contributed by atoms with van der Waals surface area (Å²) in [7, 11) is 0. The van der Waals surface area contributed by atoms with Crippen LogP contribution >= 0.6 is 11.3 Å². The van der Waals surface area contributed by atoms with E-state index in [-0.39, 0.29) is 0 Å². The standard InChI is InChI=1S/C14H16N4S/c15-4-1-2-12-3-9-19-13(12)10-17-7-8-18-6-5-16-14(18)11-17/h3,5-6,9H,4,7-8,10-11,15H2. The molecule has 0 aromatic carbocycles. The third kappa shape index (κ3) is 2.71. The molecule has 2 N–H and O–H groups in total. The van der Waals surface area contributed by atoms with Crippen LogP contribution in [0.25, 0.3) is 0 Å². The van der Waals surface area contributed by atoms with Crippen molar-refractivity contribution in [1.29, 1.82) is 0 Å². The first-order chi connectivity index (χ1) is 9.36. The fourth-order valence-corrected chi connectivity index (χ4v) is 3.15. The topological polar surface area (TPSA) is 47.1 Å². The van der Waals surface area contributed by atoms with Crippen LogP contribution in [0.15, 0.2) is 23.8 Å². The van der Waals surface area contributed by atoms with Crippen molar-refractivity contribution in [3.8, 4) is 11.8 Å². The molecule has 0 unspecified atom stereocenters. The summed E-state index contributed by atoms with van der Waals surface area (Å²) in [5, 5.41) is 2.10. The Balaban J connectivity index is 1.71. The second-order valence-electron chi connectivity index (χ2n) is 4.51. The molecule has 0 saturated heterocycles. The van der Waals surface area contributed by atoms with Gasteiger partial charge in [0.25, 0.3) is 0 Å². The molecule has 0 saturated carbocycles. The van der Waals surface area contributed by atoms with Crippen LogP contribution in [0.1, 0.15) is 16.3 Å². The molecule has 2 aromatic heterocycles. The lowest BCUT2D eigenvalue weighted by molar-refractivity contribution is 0.210. The first kappa shape index (κ1) is 12.4. The molecule has 0 radical (unpaired) electrons. The van der Waals surface area contributed by atoms with Gasteiger partial charge in [-0.2, -0.15) is 0 Å². The van der Waals surface area contributed by atoms with Crippen molar-refractivity contribution in [3.63, 3.8) is 0 Å². The summed E-state index contributed by atoms with van der Waals surface area (Å²) in [5.74, 6) is 7.22. The van der Waals surface area contributed by atoms with Gasteiger partial charge in [-0.25, -0.2) is 4.98 Å². The van der Waals surface area contributed by atoms with Crippen molar-refractivity contribution in [2.75, 3.05) is 13.1 Å². The minimum atomic E-state index is 0.413. The number of fused-ring (bicyclic) bond motifs is 1. The number of rotatable bonds is 2. The minimum Gasteiger partial charge on any atom is -0.333 e. The van der Waals surface area contributed by atoms with Crippen LogP contribution in [0.3, 0.4) is 0 Å². The average molecular weight is 272 g/mol. The van der Waals surface area contributed by atoms with E-state index in [2.05, 4.69) is 43.9 Å². The first-order valence-corrected chi connectivity index (χ1v) is 7.22. The van der Waals surface area contributed by atoms with Crippen LogP contribution in [0, 0.1) is 11.8 Å². The quantitative estimate of drug-likeness (QED) is 0.838. The van der Waals surface area contributed by atoms with Gasteiger partial charge in [-0.15, -0.1) is 11.3 Å². The third-order valence-electron chi connectivity index (χ3n) is 3.26. The zero-order valence-corrected chi connectivity index (χ0v) is 11.5. The smallest absolute Gasteiger partial charge is 0.122 e. The summed E-state index contributed by atoms with van der Waals surface area (Å²) in [6.07, 6.45) is 3.93. The lowest BCUT2D eigenvalue weighted by atomic mass is 10.2. The highest BCUT2D eigenvalue weighted by Crippen LogP contribution is 2.20. The Morgan fingerprint density at radius 2 is 2.37 bits per heavy atom. The van der Waals surface area contributed by atoms with E-state index in [0.29, 0.717) is 6.54 Å². The first-order valence-electron chi connectivity index (χ1n) is 6.34. The van der Waals surface area contributed by atoms with Crippen molar-refractivity contribution >= 4 is 11.3 Å². The Hall–Kier alpha value is -1.61. The number of aromatic nitrogens is 2. The zero-order valence-electron chi connectivity index (χ0n) is 10.7. The van der Waals surface area contributed by atoms with Crippen molar-refractivity contribution in [1.82, 2.24) is 14.5 Å². The van der Waals surface area contributed by atoms with Gasteiger partial charge in [0.15, 0.2) is 0 Å². The zero-order chi connectivity index (χ0) is 13.1. The molecule has 0 spiro atoms. The number of hydrogen-bond acceptors (Lipinski definition) is 4. The van der Waals surface area contributed by atoms with E-state index in [0.717, 1.165) is 37.6 Å². The summed E-state index contributed by atoms with van der Waals surface area (Å²) in [6, 6.07) is 2.08. The fraction of sp³-hybridized carbons (Fsp3) is 0.357. The van der Waals surface area contributed by atoms with Gasteiger partial charge in [-0.1, -0.05) is 11.8 Å². The normalized spacial score (nSPS) is 14.8. The maximum Gasteiger partial charge on any atom is 0.122 e. The van der Waals surface area contributed by atoms with Gasteiger partial charge in [0.2, 0.25) is 0 Å². The lowest BCUT2D eigenvalue weighted by Gasteiger charge is -2.27. The highest BCUT2D eigenvalue weighted by Gasteiger charge is 2.17. The molecule has 0 fully saturated rings. The van der Waals surface area contributed by atoms with Gasteiger partial charge in [-0.05, 0) is 11.4 Å². The van der Waals surface area contributed by atoms with Crippen LogP contribution < -0.4 is 5.73 Å². The van der Waals surface area contributed by atoms with E-state index >= 15 is 0 Å². The van der Waals surface area contributed by atoms with Crippen molar-refractivity contribution in [3.05, 3.63) is 40.1 Å². The highest BCUT2D eigenvalue weighted by atomic mass is 32.1. The molecule has 0 amide bonds. The van der Waals surface area contributed by atoms with E-state index < -0.39 is 0 Å². The van der Waals surface area contributed by atoms with Crippen LogP contribution in [-0.4, -0.2) is 27.5 Å². The lowest BCUT2D eigenvalue weighted by Crippen LogP contribution is -2.33. The summed E-state index contributed by atoms with van der Waals surface area (Å²) < 4.78 is 2.22. The molecular weight excluding hydrogens is 256 g/mol.